The average Bonchev–Trinajstić information content (AvgIpc) is 2.27. The molecule has 0 aliphatic heterocycles. The maximum atomic E-state index is 11.2. The van der Waals surface area contributed by atoms with Crippen molar-refractivity contribution >= 4 is 12.0 Å². The summed E-state index contributed by atoms with van der Waals surface area (Å²) in [4.78, 5) is 20.5. The predicted octanol–water partition coefficient (Wildman–Crippen LogP) is 2.83. The Morgan fingerprint density at radius 2 is 2.00 bits per heavy atom. The van der Waals surface area contributed by atoms with Gasteiger partial charge in [0.2, 0.25) is 0 Å². The van der Waals surface area contributed by atoms with Crippen LogP contribution in [0, 0.1) is 5.92 Å². The fourth-order valence-electron chi connectivity index (χ4n) is 0.984. The molecular weight excluding hydrogens is 204 g/mol. The van der Waals surface area contributed by atoms with Gasteiger partial charge in [-0.3, -0.25) is 4.89 Å². The van der Waals surface area contributed by atoms with Gasteiger partial charge in [-0.2, -0.15) is 4.89 Å². The van der Waals surface area contributed by atoms with Crippen molar-refractivity contribution < 1.29 is 14.6 Å². The molecule has 0 fully saturated rings. The van der Waals surface area contributed by atoms with Gasteiger partial charge in [-0.05, 0) is 17.6 Å². The van der Waals surface area contributed by atoms with Gasteiger partial charge in [0, 0.05) is 6.08 Å². The van der Waals surface area contributed by atoms with E-state index in [1.54, 1.807) is 6.08 Å². The molecule has 1 rings (SSSR count). The first-order valence-electron chi connectivity index (χ1n) is 5.25. The lowest BCUT2D eigenvalue weighted by Gasteiger charge is -2.03. The van der Waals surface area contributed by atoms with E-state index in [2.05, 4.69) is 4.89 Å². The van der Waals surface area contributed by atoms with Crippen LogP contribution < -0.4 is 0 Å². The van der Waals surface area contributed by atoms with E-state index in [-0.39, 0.29) is 0 Å². The van der Waals surface area contributed by atoms with Crippen molar-refractivity contribution in [3.05, 3.63) is 42.0 Å². The first-order valence-corrected chi connectivity index (χ1v) is 5.25. The molecule has 0 N–H and O–H groups in total. The molecule has 0 heterocycles. The van der Waals surface area contributed by atoms with Crippen LogP contribution in [0.3, 0.4) is 0 Å². The largest absolute Gasteiger partial charge is 0.365 e. The maximum Gasteiger partial charge on any atom is 0.365 e. The summed E-state index contributed by atoms with van der Waals surface area (Å²) < 4.78 is 0. The van der Waals surface area contributed by atoms with Gasteiger partial charge in [-0.1, -0.05) is 44.2 Å². The van der Waals surface area contributed by atoms with Gasteiger partial charge in [-0.25, -0.2) is 4.79 Å². The standard InChI is InChI=1S/C13H16O3/c1-11(2)10-15-16-13(14)9-8-12-6-4-3-5-7-12/h3-9,11H,10H2,1-2H3. The summed E-state index contributed by atoms with van der Waals surface area (Å²) in [5.74, 6) is -0.157. The quantitative estimate of drug-likeness (QED) is 0.435. The van der Waals surface area contributed by atoms with Crippen molar-refractivity contribution in [2.45, 2.75) is 13.8 Å². The van der Waals surface area contributed by atoms with Gasteiger partial charge in [0.25, 0.3) is 0 Å². The molecule has 0 aliphatic rings. The Balaban J connectivity index is 2.32. The summed E-state index contributed by atoms with van der Waals surface area (Å²) in [6.45, 7) is 4.37. The Morgan fingerprint density at radius 1 is 1.31 bits per heavy atom. The minimum atomic E-state index is -0.496. The summed E-state index contributed by atoms with van der Waals surface area (Å²) >= 11 is 0. The average molecular weight is 220 g/mol. The van der Waals surface area contributed by atoms with Crippen molar-refractivity contribution in [3.63, 3.8) is 0 Å². The second-order valence-corrected chi connectivity index (χ2v) is 3.82. The van der Waals surface area contributed by atoms with Crippen LogP contribution in [0.5, 0.6) is 0 Å². The van der Waals surface area contributed by atoms with Crippen molar-refractivity contribution in [1.29, 1.82) is 0 Å². The molecule has 0 radical (unpaired) electrons. The highest BCUT2D eigenvalue weighted by Crippen LogP contribution is 2.01. The molecule has 0 atom stereocenters. The Morgan fingerprint density at radius 3 is 2.62 bits per heavy atom. The lowest BCUT2D eigenvalue weighted by atomic mass is 10.2. The van der Waals surface area contributed by atoms with E-state index in [0.29, 0.717) is 12.5 Å². The Hall–Kier alpha value is -1.61. The second-order valence-electron chi connectivity index (χ2n) is 3.82. The topological polar surface area (TPSA) is 35.5 Å². The van der Waals surface area contributed by atoms with Crippen LogP contribution in [0.15, 0.2) is 36.4 Å². The molecule has 0 amide bonds. The van der Waals surface area contributed by atoms with Crippen molar-refractivity contribution in [2.75, 3.05) is 6.61 Å². The highest BCUT2D eigenvalue weighted by molar-refractivity contribution is 5.86. The lowest BCUT2D eigenvalue weighted by molar-refractivity contribution is -0.271. The first-order chi connectivity index (χ1) is 7.68. The molecule has 0 saturated heterocycles. The van der Waals surface area contributed by atoms with Crippen molar-refractivity contribution in [3.8, 4) is 0 Å². The number of carbonyl (C=O) groups is 1. The van der Waals surface area contributed by atoms with E-state index >= 15 is 0 Å². The molecule has 86 valence electrons. The van der Waals surface area contributed by atoms with E-state index in [4.69, 9.17) is 4.89 Å². The van der Waals surface area contributed by atoms with Crippen molar-refractivity contribution in [1.82, 2.24) is 0 Å². The summed E-state index contributed by atoms with van der Waals surface area (Å²) in [6, 6.07) is 9.53. The Labute approximate surface area is 95.6 Å². The van der Waals surface area contributed by atoms with Crippen LogP contribution >= 0.6 is 0 Å². The molecule has 0 aliphatic carbocycles. The van der Waals surface area contributed by atoms with Gasteiger partial charge < -0.3 is 0 Å². The fourth-order valence-corrected chi connectivity index (χ4v) is 0.984. The third kappa shape index (κ3) is 5.32. The number of hydrogen-bond acceptors (Lipinski definition) is 3. The highest BCUT2D eigenvalue weighted by Gasteiger charge is 1.99. The Kier molecular flexibility index (Phi) is 5.29. The fraction of sp³-hybridized carbons (Fsp3) is 0.308. The molecular formula is C13H16O3. The molecule has 16 heavy (non-hydrogen) atoms. The van der Waals surface area contributed by atoms with Crippen LogP contribution in [0.1, 0.15) is 19.4 Å². The molecule has 3 heteroatoms. The predicted molar refractivity (Wildman–Crippen MR) is 62.4 cm³/mol. The van der Waals surface area contributed by atoms with Gasteiger partial charge in [0.1, 0.15) is 0 Å². The van der Waals surface area contributed by atoms with E-state index < -0.39 is 5.97 Å². The summed E-state index contributed by atoms with van der Waals surface area (Å²) in [5, 5.41) is 0. The van der Waals surface area contributed by atoms with E-state index in [9.17, 15) is 4.79 Å². The van der Waals surface area contributed by atoms with Crippen molar-refractivity contribution in [2.24, 2.45) is 5.92 Å². The highest BCUT2D eigenvalue weighted by atomic mass is 17.2. The normalized spacial score (nSPS) is 10.9. The van der Waals surface area contributed by atoms with Crippen LogP contribution in [0.2, 0.25) is 0 Å². The van der Waals surface area contributed by atoms with E-state index in [1.165, 1.54) is 6.08 Å². The summed E-state index contributed by atoms with van der Waals surface area (Å²) in [5.41, 5.74) is 0.948. The number of carbonyl (C=O) groups excluding carboxylic acids is 1. The minimum absolute atomic E-state index is 0.339. The van der Waals surface area contributed by atoms with Crippen LogP contribution in [0.25, 0.3) is 6.08 Å². The zero-order chi connectivity index (χ0) is 11.8. The SMILES string of the molecule is CC(C)COOC(=O)C=Cc1ccccc1. The zero-order valence-electron chi connectivity index (χ0n) is 9.55. The number of benzene rings is 1. The van der Waals surface area contributed by atoms with Gasteiger partial charge in [-0.15, -0.1) is 0 Å². The van der Waals surface area contributed by atoms with Crippen LogP contribution in [-0.4, -0.2) is 12.6 Å². The summed E-state index contributed by atoms with van der Waals surface area (Å²) in [7, 11) is 0. The molecule has 0 saturated carbocycles. The van der Waals surface area contributed by atoms with Crippen LogP contribution in [0.4, 0.5) is 0 Å². The van der Waals surface area contributed by atoms with Gasteiger partial charge in [0.15, 0.2) is 0 Å². The minimum Gasteiger partial charge on any atom is -0.294 e. The third-order valence-electron chi connectivity index (χ3n) is 1.75. The molecule has 0 bridgehead atoms. The van der Waals surface area contributed by atoms with E-state index in [0.717, 1.165) is 5.56 Å². The maximum absolute atomic E-state index is 11.2. The molecule has 0 aromatic heterocycles. The smallest absolute Gasteiger partial charge is 0.294 e. The Bertz CT molecular complexity index is 341. The van der Waals surface area contributed by atoms with Crippen LogP contribution in [-0.2, 0) is 14.6 Å². The van der Waals surface area contributed by atoms with Gasteiger partial charge >= 0.3 is 5.97 Å². The zero-order valence-corrected chi connectivity index (χ0v) is 9.55. The second kappa shape index (κ2) is 6.80. The number of hydrogen-bond donors (Lipinski definition) is 0. The first kappa shape index (κ1) is 12.5. The molecule has 0 spiro atoms. The monoisotopic (exact) mass is 220 g/mol. The molecule has 1 aromatic carbocycles. The third-order valence-corrected chi connectivity index (χ3v) is 1.75. The number of rotatable bonds is 5. The molecule has 1 aromatic rings. The van der Waals surface area contributed by atoms with E-state index in [1.807, 2.05) is 44.2 Å². The van der Waals surface area contributed by atoms with Gasteiger partial charge in [0.05, 0.1) is 6.61 Å². The lowest BCUT2D eigenvalue weighted by Crippen LogP contribution is -2.06. The molecule has 3 nitrogen and oxygen atoms in total. The summed E-state index contributed by atoms with van der Waals surface area (Å²) in [6.07, 6.45) is 3.02. The molecule has 0 unspecified atom stereocenters.